The van der Waals surface area contributed by atoms with Crippen molar-refractivity contribution in [1.29, 1.82) is 0 Å². The van der Waals surface area contributed by atoms with Crippen LogP contribution in [0.5, 0.6) is 0 Å². The third-order valence-electron chi connectivity index (χ3n) is 23.6. The normalized spacial score (nSPS) is 53.9. The van der Waals surface area contributed by atoms with Crippen LogP contribution in [0.3, 0.4) is 0 Å². The highest BCUT2D eigenvalue weighted by Crippen LogP contribution is 2.76. The molecule has 0 unspecified atom stereocenters. The van der Waals surface area contributed by atoms with E-state index in [2.05, 4.69) is 40.7 Å². The zero-order chi connectivity index (χ0) is 66.9. The van der Waals surface area contributed by atoms with E-state index in [9.17, 15) is 76.0 Å². The van der Waals surface area contributed by atoms with Gasteiger partial charge in [0, 0.05) is 19.3 Å². The van der Waals surface area contributed by atoms with Gasteiger partial charge in [0.1, 0.15) is 78.7 Å². The van der Waals surface area contributed by atoms with E-state index in [0.717, 1.165) is 19.4 Å². The lowest BCUT2D eigenvalue weighted by Crippen LogP contribution is -2.70. The minimum atomic E-state index is -2.01. The maximum absolute atomic E-state index is 15.8. The smallest absolute Gasteiger partial charge is 0.317 e. The molecule has 13 N–H and O–H groups in total. The highest BCUT2D eigenvalue weighted by molar-refractivity contribution is 5.80. The second-order valence-electron chi connectivity index (χ2n) is 29.8. The molecule has 0 aromatic rings. The molecular formula is C63H100O28. The first-order chi connectivity index (χ1) is 42.4. The number of fused-ring (bicyclic) bond motifs is 7. The molecule has 35 atom stereocenters. The summed E-state index contributed by atoms with van der Waals surface area (Å²) in [7, 11) is 0. The fourth-order valence-corrected chi connectivity index (χ4v) is 18.4. The average molecular weight is 1310 g/mol. The number of rotatable bonds is 13. The van der Waals surface area contributed by atoms with Gasteiger partial charge in [0.2, 0.25) is 6.29 Å². The van der Waals surface area contributed by atoms with Gasteiger partial charge in [-0.3, -0.25) is 14.4 Å². The van der Waals surface area contributed by atoms with Crippen LogP contribution in [0.2, 0.25) is 0 Å². The number of carbonyl (C=O) groups excluding carboxylic acids is 3. The number of hydrogen-bond donors (Lipinski definition) is 13. The molecule has 28 nitrogen and oxygen atoms in total. The van der Waals surface area contributed by atoms with Gasteiger partial charge in [-0.05, 0) is 118 Å². The zero-order valence-electron chi connectivity index (χ0n) is 53.9. The highest BCUT2D eigenvalue weighted by Gasteiger charge is 2.73. The average Bonchev–Trinajstić information content (AvgIpc) is 0.671. The SMILES string of the molecule is CC(=O)O[C@@H]1[C@H](O)[C@@H](O[C@@H]2O[C@@H](C)[C@H](O[C@@H]3OC[C@@H](O)[C@H](O[C@@H]4O[C@@H](C)[C@H](O)[C@@H](O)[C@H]4O)[C@H]3O)[C@@H](OC(C)=O)[C@H]2O)[C@H](OC(=O)[C@]23CCC(C)(C)C[C@H]2C2=CC[C@@H]4[C@@]5(C)C[C@H](O)[C@H](O[C@@H]6O[C@@H](C)[C@H](O)[C@@H](O)[C@H]6O)[C@@](C)(CO)[C@@H]5CC[C@@]4(C)[C@]2(C)C[C@H]3O)O[C@@H]1C. The number of aliphatic hydroxyl groups excluding tert-OH is 13. The van der Waals surface area contributed by atoms with Crippen molar-refractivity contribution in [2.24, 2.45) is 50.2 Å². The molecule has 0 aromatic heterocycles. The fourth-order valence-electron chi connectivity index (χ4n) is 18.4. The molecule has 0 bridgehead atoms. The summed E-state index contributed by atoms with van der Waals surface area (Å²) in [6.45, 7) is 19.7. The molecule has 0 radical (unpaired) electrons. The minimum absolute atomic E-state index is 0.108. The van der Waals surface area contributed by atoms with E-state index in [0.29, 0.717) is 32.1 Å². The van der Waals surface area contributed by atoms with E-state index in [1.54, 1.807) is 0 Å². The molecule has 4 saturated carbocycles. The lowest BCUT2D eigenvalue weighted by atomic mass is 9.33. The molecule has 5 aliphatic heterocycles. The van der Waals surface area contributed by atoms with Crippen LogP contribution in [0.15, 0.2) is 11.6 Å². The summed E-state index contributed by atoms with van der Waals surface area (Å²) in [6.07, 6.45) is -36.0. The molecule has 0 aromatic carbocycles. The number of hydrogen-bond acceptors (Lipinski definition) is 28. The van der Waals surface area contributed by atoms with Crippen LogP contribution in [0.1, 0.15) is 134 Å². The zero-order valence-corrected chi connectivity index (χ0v) is 53.9. The van der Waals surface area contributed by atoms with Crippen LogP contribution in [0.25, 0.3) is 0 Å². The van der Waals surface area contributed by atoms with Crippen LogP contribution in [0.4, 0.5) is 0 Å². The topological polar surface area (TPSA) is 425 Å². The highest BCUT2D eigenvalue weighted by atomic mass is 16.8. The molecule has 9 fully saturated rings. The van der Waals surface area contributed by atoms with Crippen molar-refractivity contribution >= 4 is 17.9 Å². The summed E-state index contributed by atoms with van der Waals surface area (Å²) >= 11 is 0. The lowest BCUT2D eigenvalue weighted by molar-refractivity contribution is -0.380. The standard InChI is InChI=1S/C63H100O28/c1-24-37(70)39(72)41(74)53(81-24)88-48-33(68)22-80-52(44(48)77)87-47-27(4)83-55(45(78)49(47)86-29(6)66)89-50-43(76)46(85-28(5)65)26(3)84-56(50)91-57(79)63-18-17-58(7,8)19-31(63)30-13-14-35-59(9)20-32(67)51(90-54-42(75)40(73)38(71)25(2)82-54)60(10,23-64)34(59)15-16-61(35,11)62(30,12)21-36(63)69/h13,24-27,31-56,64,67-78H,14-23H2,1-12H3/t24-,25-,26+,27-,31-,32-,33+,34+,35+,36+,37-,38-,39+,40+,41+,42+,43-,44+,45+,46-,47-,48-,49-,50+,51-,52-,53-,54-,55-,56-,59-,60-,61+,62+,63+/m0/s1. The second-order valence-corrected chi connectivity index (χ2v) is 29.8. The summed E-state index contributed by atoms with van der Waals surface area (Å²) in [5.41, 5.74) is -4.04. The summed E-state index contributed by atoms with van der Waals surface area (Å²) in [5.74, 6) is -3.60. The summed E-state index contributed by atoms with van der Waals surface area (Å²) in [5, 5.41) is 147. The minimum Gasteiger partial charge on any atom is -0.457 e. The molecule has 10 rings (SSSR count). The number of aliphatic hydroxyl groups is 13. The van der Waals surface area contributed by atoms with Gasteiger partial charge in [0.05, 0.1) is 55.9 Å². The first-order valence-electron chi connectivity index (χ1n) is 32.3. The number of carbonyl (C=O) groups is 3. The number of ether oxygens (including phenoxy) is 12. The Labute approximate surface area is 529 Å². The Morgan fingerprint density at radius 3 is 1.65 bits per heavy atom. The van der Waals surface area contributed by atoms with Crippen molar-refractivity contribution in [1.82, 2.24) is 0 Å². The molecule has 0 amide bonds. The lowest BCUT2D eigenvalue weighted by Gasteiger charge is -2.72. The molecule has 520 valence electrons. The van der Waals surface area contributed by atoms with Gasteiger partial charge in [-0.2, -0.15) is 0 Å². The Hall–Kier alpha value is -2.73. The Morgan fingerprint density at radius 1 is 0.516 bits per heavy atom. The van der Waals surface area contributed by atoms with E-state index < -0.39 is 230 Å². The molecule has 10 aliphatic rings. The van der Waals surface area contributed by atoms with E-state index in [1.807, 2.05) is 6.92 Å². The summed E-state index contributed by atoms with van der Waals surface area (Å²) in [6, 6.07) is 0. The largest absolute Gasteiger partial charge is 0.457 e. The molecule has 5 heterocycles. The van der Waals surface area contributed by atoms with E-state index in [1.165, 1.54) is 27.7 Å². The maximum Gasteiger partial charge on any atom is 0.317 e. The third kappa shape index (κ3) is 12.1. The Balaban J connectivity index is 0.906. The van der Waals surface area contributed by atoms with Crippen LogP contribution < -0.4 is 0 Å². The first kappa shape index (κ1) is 71.1. The van der Waals surface area contributed by atoms with Gasteiger partial charge in [-0.25, -0.2) is 0 Å². The van der Waals surface area contributed by atoms with Crippen molar-refractivity contribution < 1.29 is 138 Å². The van der Waals surface area contributed by atoms with E-state index >= 15 is 4.79 Å². The van der Waals surface area contributed by atoms with Gasteiger partial charge >= 0.3 is 17.9 Å². The predicted octanol–water partition coefficient (Wildman–Crippen LogP) is -1.41. The Bertz CT molecular complexity index is 2650. The van der Waals surface area contributed by atoms with Gasteiger partial charge in [0.15, 0.2) is 43.5 Å². The Morgan fingerprint density at radius 2 is 1.04 bits per heavy atom. The molecule has 5 saturated heterocycles. The van der Waals surface area contributed by atoms with E-state index in [4.69, 9.17) is 56.8 Å². The third-order valence-corrected chi connectivity index (χ3v) is 23.6. The van der Waals surface area contributed by atoms with Crippen LogP contribution >= 0.6 is 0 Å². The molecular weight excluding hydrogens is 1200 g/mol. The summed E-state index contributed by atoms with van der Waals surface area (Å²) in [4.78, 5) is 41.2. The van der Waals surface area contributed by atoms with Gasteiger partial charge in [-0.1, -0.05) is 53.2 Å². The van der Waals surface area contributed by atoms with Crippen molar-refractivity contribution in [2.45, 2.75) is 300 Å². The van der Waals surface area contributed by atoms with Crippen LogP contribution in [-0.2, 0) is 71.2 Å². The van der Waals surface area contributed by atoms with Crippen molar-refractivity contribution in [3.8, 4) is 0 Å². The van der Waals surface area contributed by atoms with Gasteiger partial charge in [-0.15, -0.1) is 0 Å². The van der Waals surface area contributed by atoms with Crippen molar-refractivity contribution in [2.75, 3.05) is 13.2 Å². The second kappa shape index (κ2) is 25.9. The summed E-state index contributed by atoms with van der Waals surface area (Å²) < 4.78 is 71.9. The molecule has 5 aliphatic carbocycles. The number of allylic oxidation sites excluding steroid dienone is 2. The monoisotopic (exact) mass is 1300 g/mol. The molecule has 0 spiro atoms. The van der Waals surface area contributed by atoms with Gasteiger partial charge in [0.25, 0.3) is 0 Å². The molecule has 91 heavy (non-hydrogen) atoms. The predicted molar refractivity (Wildman–Crippen MR) is 307 cm³/mol. The van der Waals surface area contributed by atoms with Crippen LogP contribution in [0, 0.1) is 50.2 Å². The fraction of sp³-hybridized carbons (Fsp3) is 0.921. The number of esters is 3. The maximum atomic E-state index is 15.8. The first-order valence-corrected chi connectivity index (χ1v) is 32.3. The Kier molecular flexibility index (Phi) is 20.2. The van der Waals surface area contributed by atoms with Gasteiger partial charge < -0.3 is 123 Å². The van der Waals surface area contributed by atoms with Crippen molar-refractivity contribution in [3.63, 3.8) is 0 Å². The van der Waals surface area contributed by atoms with E-state index in [-0.39, 0.29) is 36.5 Å². The molecule has 28 heteroatoms. The van der Waals surface area contributed by atoms with Crippen molar-refractivity contribution in [3.05, 3.63) is 11.6 Å². The van der Waals surface area contributed by atoms with Crippen LogP contribution in [-0.4, -0.2) is 263 Å². The quantitative estimate of drug-likeness (QED) is 0.0436.